The summed E-state index contributed by atoms with van der Waals surface area (Å²) >= 11 is 0. The number of hydrogen-bond acceptors (Lipinski definition) is 4. The van der Waals surface area contributed by atoms with Gasteiger partial charge in [0.1, 0.15) is 17.7 Å². The summed E-state index contributed by atoms with van der Waals surface area (Å²) in [5.41, 5.74) is 3.80. The predicted octanol–water partition coefficient (Wildman–Crippen LogP) is 3.47. The Balaban J connectivity index is 1.66. The zero-order valence-corrected chi connectivity index (χ0v) is 16.9. The van der Waals surface area contributed by atoms with Crippen LogP contribution in [-0.4, -0.2) is 41.4 Å². The van der Waals surface area contributed by atoms with Gasteiger partial charge < -0.3 is 9.64 Å². The fourth-order valence-corrected chi connectivity index (χ4v) is 3.80. The second-order valence-electron chi connectivity index (χ2n) is 7.75. The smallest absolute Gasteiger partial charge is 0.271 e. The van der Waals surface area contributed by atoms with Gasteiger partial charge in [-0.15, -0.1) is 0 Å². The van der Waals surface area contributed by atoms with Crippen LogP contribution in [0.1, 0.15) is 18.1 Å². The third-order valence-corrected chi connectivity index (χ3v) is 5.04. The highest BCUT2D eigenvalue weighted by atomic mass is 19.1. The Hall–Kier alpha value is -2.99. The fourth-order valence-electron chi connectivity index (χ4n) is 3.80. The Bertz CT molecular complexity index is 1090. The molecule has 6 heteroatoms. The topological polar surface area (TPSA) is 47.4 Å². The molecule has 0 spiro atoms. The average Bonchev–Trinajstić information content (AvgIpc) is 2.67. The van der Waals surface area contributed by atoms with Gasteiger partial charge in [-0.2, -0.15) is 9.78 Å². The standard InChI is InChI=1S/C23H24FN3O2/c1-15(14-26(2)3)29-20-10-8-19(9-11-20)27-22(28)12-17-5-4-16-6-7-18(24)13-21(16)23(17)25-27/h6-13,15H,4-5,14H2,1-3H3. The molecule has 5 nitrogen and oxygen atoms in total. The van der Waals surface area contributed by atoms with Crippen LogP contribution < -0.4 is 10.3 Å². The van der Waals surface area contributed by atoms with Crippen molar-refractivity contribution in [2.24, 2.45) is 0 Å². The molecule has 1 heterocycles. The Morgan fingerprint density at radius 1 is 1.10 bits per heavy atom. The van der Waals surface area contributed by atoms with Gasteiger partial charge in [0.2, 0.25) is 0 Å². The molecule has 1 atom stereocenters. The Morgan fingerprint density at radius 2 is 1.83 bits per heavy atom. The molecule has 1 aliphatic rings. The SMILES string of the molecule is CC(CN(C)C)Oc1ccc(-n2nc3c(cc2=O)CCc2ccc(F)cc2-3)cc1. The number of likely N-dealkylation sites (N-methyl/N-ethyl adjacent to an activating group) is 1. The summed E-state index contributed by atoms with van der Waals surface area (Å²) in [6.45, 7) is 2.82. The molecule has 3 aromatic rings. The quantitative estimate of drug-likeness (QED) is 0.666. The molecule has 150 valence electrons. The van der Waals surface area contributed by atoms with E-state index < -0.39 is 0 Å². The van der Waals surface area contributed by atoms with Crippen LogP contribution in [0.3, 0.4) is 0 Å². The van der Waals surface area contributed by atoms with Gasteiger partial charge in [0.15, 0.2) is 0 Å². The molecule has 0 N–H and O–H groups in total. The van der Waals surface area contributed by atoms with Crippen molar-refractivity contribution in [3.05, 3.63) is 75.8 Å². The van der Waals surface area contributed by atoms with Crippen molar-refractivity contribution in [3.63, 3.8) is 0 Å². The van der Waals surface area contributed by atoms with Gasteiger partial charge in [0.05, 0.1) is 11.4 Å². The van der Waals surface area contributed by atoms with Crippen molar-refractivity contribution < 1.29 is 9.13 Å². The van der Waals surface area contributed by atoms with Crippen molar-refractivity contribution in [2.75, 3.05) is 20.6 Å². The maximum atomic E-state index is 13.8. The van der Waals surface area contributed by atoms with E-state index in [-0.39, 0.29) is 17.5 Å². The van der Waals surface area contributed by atoms with E-state index in [1.54, 1.807) is 12.1 Å². The van der Waals surface area contributed by atoms with Gasteiger partial charge in [-0.25, -0.2) is 4.39 Å². The van der Waals surface area contributed by atoms with E-state index in [1.165, 1.54) is 16.8 Å². The van der Waals surface area contributed by atoms with Crippen molar-refractivity contribution in [1.82, 2.24) is 14.7 Å². The zero-order chi connectivity index (χ0) is 20.5. The lowest BCUT2D eigenvalue weighted by molar-refractivity contribution is 0.177. The van der Waals surface area contributed by atoms with Gasteiger partial charge in [0.25, 0.3) is 5.56 Å². The van der Waals surface area contributed by atoms with Crippen LogP contribution in [0.25, 0.3) is 16.9 Å². The molecule has 0 saturated carbocycles. The summed E-state index contributed by atoms with van der Waals surface area (Å²) in [6, 6.07) is 13.7. The van der Waals surface area contributed by atoms with E-state index in [0.29, 0.717) is 11.4 Å². The molecule has 4 rings (SSSR count). The monoisotopic (exact) mass is 393 g/mol. The first-order valence-corrected chi connectivity index (χ1v) is 9.74. The van der Waals surface area contributed by atoms with Crippen LogP contribution in [-0.2, 0) is 12.8 Å². The predicted molar refractivity (Wildman–Crippen MR) is 111 cm³/mol. The molecule has 0 radical (unpaired) electrons. The Kier molecular flexibility index (Phi) is 5.20. The molecule has 2 aromatic carbocycles. The summed E-state index contributed by atoms with van der Waals surface area (Å²) in [7, 11) is 4.00. The molecule has 29 heavy (non-hydrogen) atoms. The average molecular weight is 393 g/mol. The van der Waals surface area contributed by atoms with Gasteiger partial charge in [-0.1, -0.05) is 6.07 Å². The number of benzene rings is 2. The lowest BCUT2D eigenvalue weighted by atomic mass is 9.89. The summed E-state index contributed by atoms with van der Waals surface area (Å²) in [6.07, 6.45) is 1.56. The lowest BCUT2D eigenvalue weighted by Crippen LogP contribution is -2.28. The first-order valence-electron chi connectivity index (χ1n) is 9.74. The lowest BCUT2D eigenvalue weighted by Gasteiger charge is -2.20. The van der Waals surface area contributed by atoms with E-state index in [0.717, 1.165) is 41.8 Å². The Labute approximate surface area is 169 Å². The number of fused-ring (bicyclic) bond motifs is 3. The third-order valence-electron chi connectivity index (χ3n) is 5.04. The highest BCUT2D eigenvalue weighted by Gasteiger charge is 2.20. The number of nitrogens with zero attached hydrogens (tertiary/aromatic N) is 3. The minimum atomic E-state index is -0.301. The number of aryl methyl sites for hydroxylation is 2. The third kappa shape index (κ3) is 4.07. The first kappa shape index (κ1) is 19.3. The van der Waals surface area contributed by atoms with Crippen molar-refractivity contribution in [3.8, 4) is 22.7 Å². The number of hydrogen-bond donors (Lipinski definition) is 0. The van der Waals surface area contributed by atoms with Crippen LogP contribution >= 0.6 is 0 Å². The second kappa shape index (κ2) is 7.79. The molecule has 1 unspecified atom stereocenters. The number of aromatic nitrogens is 2. The molecule has 0 saturated heterocycles. The highest BCUT2D eigenvalue weighted by Crippen LogP contribution is 2.31. The van der Waals surface area contributed by atoms with Gasteiger partial charge >= 0.3 is 0 Å². The summed E-state index contributed by atoms with van der Waals surface area (Å²) < 4.78 is 21.1. The van der Waals surface area contributed by atoms with E-state index in [1.807, 2.05) is 45.3 Å². The van der Waals surface area contributed by atoms with Crippen LogP contribution in [0.4, 0.5) is 4.39 Å². The second-order valence-corrected chi connectivity index (χ2v) is 7.75. The van der Waals surface area contributed by atoms with E-state index in [4.69, 9.17) is 4.74 Å². The number of halogens is 1. The van der Waals surface area contributed by atoms with Crippen LogP contribution in [0.5, 0.6) is 5.75 Å². The molecular weight excluding hydrogens is 369 g/mol. The largest absolute Gasteiger partial charge is 0.489 e. The number of rotatable bonds is 5. The van der Waals surface area contributed by atoms with Crippen LogP contribution in [0.2, 0.25) is 0 Å². The van der Waals surface area contributed by atoms with E-state index in [9.17, 15) is 9.18 Å². The van der Waals surface area contributed by atoms with Crippen molar-refractivity contribution >= 4 is 0 Å². The minimum absolute atomic E-state index is 0.0480. The maximum absolute atomic E-state index is 13.8. The van der Waals surface area contributed by atoms with Gasteiger partial charge in [-0.3, -0.25) is 4.79 Å². The van der Waals surface area contributed by atoms with Gasteiger partial charge in [-0.05, 0) is 81.4 Å². The molecule has 0 bridgehead atoms. The highest BCUT2D eigenvalue weighted by molar-refractivity contribution is 5.69. The summed E-state index contributed by atoms with van der Waals surface area (Å²) in [4.78, 5) is 14.7. The molecule has 1 aliphatic carbocycles. The Morgan fingerprint density at radius 3 is 2.55 bits per heavy atom. The normalized spacial score (nSPS) is 13.7. The first-order chi connectivity index (χ1) is 13.9. The van der Waals surface area contributed by atoms with Crippen LogP contribution in [0.15, 0.2) is 53.3 Å². The fraction of sp³-hybridized carbons (Fsp3) is 0.304. The summed E-state index contributed by atoms with van der Waals surface area (Å²) in [5.74, 6) is 0.436. The van der Waals surface area contributed by atoms with Crippen molar-refractivity contribution in [1.29, 1.82) is 0 Å². The summed E-state index contributed by atoms with van der Waals surface area (Å²) in [5, 5.41) is 4.59. The molecule has 0 aliphatic heterocycles. The maximum Gasteiger partial charge on any atom is 0.271 e. The molecular formula is C23H24FN3O2. The van der Waals surface area contributed by atoms with E-state index in [2.05, 4.69) is 10.00 Å². The molecule has 1 aromatic heterocycles. The van der Waals surface area contributed by atoms with Crippen molar-refractivity contribution in [2.45, 2.75) is 25.9 Å². The van der Waals surface area contributed by atoms with Gasteiger partial charge in [0, 0.05) is 18.2 Å². The number of ether oxygens (including phenoxy) is 1. The minimum Gasteiger partial charge on any atom is -0.489 e. The molecule has 0 amide bonds. The zero-order valence-electron chi connectivity index (χ0n) is 16.9. The molecule has 0 fully saturated rings. The van der Waals surface area contributed by atoms with E-state index >= 15 is 0 Å². The van der Waals surface area contributed by atoms with Crippen LogP contribution in [0, 0.1) is 5.82 Å².